The Hall–Kier alpha value is -3.81. The maximum absolute atomic E-state index is 13.2. The standard InChI is InChI=1S/C23H29F3N8O3/c1-31(2)20-15-9-14(10-27-19(15)29-30-20)34-7-6-17(18(12-34)37-5)33(4)22(36)28-16-8-13(23(24,25)26)11-32(3)21(16)35/h8-11,17-18H,6-7,12H2,1-5H3,(H,28,36)(H,27,29,30)/t17-,18+/m1/s1. The van der Waals surface area contributed by atoms with Gasteiger partial charge in [-0.3, -0.25) is 9.89 Å². The van der Waals surface area contributed by atoms with E-state index in [9.17, 15) is 22.8 Å². The highest BCUT2D eigenvalue weighted by Gasteiger charge is 2.36. The minimum Gasteiger partial charge on any atom is -0.377 e. The summed E-state index contributed by atoms with van der Waals surface area (Å²) >= 11 is 0. The summed E-state index contributed by atoms with van der Waals surface area (Å²) in [5.41, 5.74) is -0.681. The topological polar surface area (TPSA) is 112 Å². The average Bonchev–Trinajstić information content (AvgIpc) is 3.28. The van der Waals surface area contributed by atoms with E-state index in [0.29, 0.717) is 37.4 Å². The molecule has 11 nitrogen and oxygen atoms in total. The van der Waals surface area contributed by atoms with Gasteiger partial charge in [0.15, 0.2) is 11.5 Å². The molecule has 1 fully saturated rings. The SMILES string of the molecule is CO[C@H]1CN(c2cnc3[nH]nc(N(C)C)c3c2)CC[C@H]1N(C)C(=O)Nc1cc(C(F)(F)F)cn(C)c1=O. The number of carbonyl (C=O) groups is 1. The lowest BCUT2D eigenvalue weighted by molar-refractivity contribution is -0.138. The molecule has 0 aliphatic carbocycles. The monoisotopic (exact) mass is 522 g/mol. The van der Waals surface area contributed by atoms with Crippen LogP contribution in [0.5, 0.6) is 0 Å². The third-order valence-corrected chi connectivity index (χ3v) is 6.57. The molecule has 0 radical (unpaired) electrons. The second-order valence-electron chi connectivity index (χ2n) is 9.20. The number of pyridine rings is 2. The van der Waals surface area contributed by atoms with E-state index in [2.05, 4.69) is 25.4 Å². The lowest BCUT2D eigenvalue weighted by atomic mass is 10.00. The highest BCUT2D eigenvalue weighted by atomic mass is 19.4. The van der Waals surface area contributed by atoms with Gasteiger partial charge >= 0.3 is 12.2 Å². The molecule has 4 heterocycles. The van der Waals surface area contributed by atoms with Crippen molar-refractivity contribution in [1.82, 2.24) is 24.6 Å². The van der Waals surface area contributed by atoms with Gasteiger partial charge in [-0.15, -0.1) is 0 Å². The lowest BCUT2D eigenvalue weighted by Gasteiger charge is -2.42. The van der Waals surface area contributed by atoms with Crippen molar-refractivity contribution in [1.29, 1.82) is 0 Å². The number of amides is 2. The molecule has 2 atom stereocenters. The zero-order chi connectivity index (χ0) is 27.1. The number of carbonyl (C=O) groups excluding carboxylic acids is 1. The summed E-state index contributed by atoms with van der Waals surface area (Å²) in [6.45, 7) is 1.03. The van der Waals surface area contributed by atoms with Crippen molar-refractivity contribution in [2.24, 2.45) is 7.05 Å². The number of aryl methyl sites for hydroxylation is 1. The van der Waals surface area contributed by atoms with E-state index in [-0.39, 0.29) is 6.04 Å². The third kappa shape index (κ3) is 5.19. The molecule has 0 spiro atoms. The van der Waals surface area contributed by atoms with Crippen LogP contribution in [-0.4, -0.2) is 84.2 Å². The number of halogens is 3. The van der Waals surface area contributed by atoms with Crippen molar-refractivity contribution >= 4 is 34.3 Å². The van der Waals surface area contributed by atoms with Gasteiger partial charge in [0.2, 0.25) is 0 Å². The predicted octanol–water partition coefficient (Wildman–Crippen LogP) is 2.50. The molecule has 0 aromatic carbocycles. The number of rotatable bonds is 5. The van der Waals surface area contributed by atoms with Gasteiger partial charge in [0.1, 0.15) is 5.69 Å². The number of urea groups is 1. The summed E-state index contributed by atoms with van der Waals surface area (Å²) in [7, 11) is 8.06. The fourth-order valence-electron chi connectivity index (χ4n) is 4.52. The number of alkyl halides is 3. The first-order chi connectivity index (χ1) is 17.4. The molecule has 0 bridgehead atoms. The van der Waals surface area contributed by atoms with E-state index in [0.717, 1.165) is 21.5 Å². The molecular weight excluding hydrogens is 493 g/mol. The minimum atomic E-state index is -4.66. The molecule has 0 unspecified atom stereocenters. The van der Waals surface area contributed by atoms with Gasteiger partial charge in [0.25, 0.3) is 5.56 Å². The Kier molecular flexibility index (Phi) is 7.04. The van der Waals surface area contributed by atoms with Crippen LogP contribution >= 0.6 is 0 Å². The molecule has 4 rings (SSSR count). The number of anilines is 3. The van der Waals surface area contributed by atoms with Crippen LogP contribution in [0.4, 0.5) is 35.2 Å². The number of methoxy groups -OCH3 is 1. The van der Waals surface area contributed by atoms with E-state index in [1.807, 2.05) is 25.1 Å². The number of hydrogen-bond acceptors (Lipinski definition) is 7. The van der Waals surface area contributed by atoms with Crippen molar-refractivity contribution in [2.75, 3.05) is 56.5 Å². The Balaban J connectivity index is 1.50. The Morgan fingerprint density at radius 2 is 2.00 bits per heavy atom. The zero-order valence-electron chi connectivity index (χ0n) is 21.1. The molecule has 1 aliphatic rings. The van der Waals surface area contributed by atoms with Gasteiger partial charge in [-0.2, -0.15) is 18.3 Å². The summed E-state index contributed by atoms with van der Waals surface area (Å²) in [5, 5.41) is 10.4. The largest absolute Gasteiger partial charge is 0.417 e. The van der Waals surface area contributed by atoms with Gasteiger partial charge in [-0.05, 0) is 18.6 Å². The summed E-state index contributed by atoms with van der Waals surface area (Å²) in [6, 6.07) is 1.56. The van der Waals surface area contributed by atoms with Crippen molar-refractivity contribution in [3.63, 3.8) is 0 Å². The maximum atomic E-state index is 13.2. The molecule has 2 N–H and O–H groups in total. The second kappa shape index (κ2) is 9.92. The van der Waals surface area contributed by atoms with E-state index < -0.39 is 35.1 Å². The number of aromatic amines is 1. The number of piperidine rings is 1. The fourth-order valence-corrected chi connectivity index (χ4v) is 4.52. The molecule has 0 saturated carbocycles. The number of H-pyrrole nitrogens is 1. The molecule has 1 saturated heterocycles. The summed E-state index contributed by atoms with van der Waals surface area (Å²) in [5.74, 6) is 0.764. The molecule has 2 amide bonds. The van der Waals surface area contributed by atoms with Crippen molar-refractivity contribution in [3.05, 3.63) is 40.4 Å². The van der Waals surface area contributed by atoms with Gasteiger partial charge in [0, 0.05) is 54.6 Å². The Bertz CT molecular complexity index is 1350. The number of fused-ring (bicyclic) bond motifs is 1. The molecule has 14 heteroatoms. The smallest absolute Gasteiger partial charge is 0.377 e. The molecule has 1 aliphatic heterocycles. The van der Waals surface area contributed by atoms with Gasteiger partial charge in [-0.25, -0.2) is 9.78 Å². The van der Waals surface area contributed by atoms with Crippen LogP contribution in [0.2, 0.25) is 0 Å². The van der Waals surface area contributed by atoms with Crippen LogP contribution in [0.1, 0.15) is 12.0 Å². The van der Waals surface area contributed by atoms with Crippen molar-refractivity contribution in [3.8, 4) is 0 Å². The van der Waals surface area contributed by atoms with Crippen LogP contribution in [0.15, 0.2) is 29.3 Å². The molecule has 3 aromatic rings. The highest BCUT2D eigenvalue weighted by molar-refractivity contribution is 5.90. The minimum absolute atomic E-state index is 0.376. The van der Waals surface area contributed by atoms with E-state index in [4.69, 9.17) is 4.74 Å². The molecule has 3 aromatic heterocycles. The number of nitrogens with one attached hydrogen (secondary N) is 2. The van der Waals surface area contributed by atoms with Crippen LogP contribution in [-0.2, 0) is 18.0 Å². The average molecular weight is 523 g/mol. The zero-order valence-corrected chi connectivity index (χ0v) is 21.1. The maximum Gasteiger partial charge on any atom is 0.417 e. The highest BCUT2D eigenvalue weighted by Crippen LogP contribution is 2.31. The Labute approximate surface area is 210 Å². The first kappa shape index (κ1) is 26.3. The first-order valence-corrected chi connectivity index (χ1v) is 11.5. The van der Waals surface area contributed by atoms with E-state index >= 15 is 0 Å². The van der Waals surface area contributed by atoms with Crippen molar-refractivity contribution < 1.29 is 22.7 Å². The number of aromatic nitrogens is 4. The Morgan fingerprint density at radius 1 is 1.27 bits per heavy atom. The van der Waals surface area contributed by atoms with Gasteiger partial charge in [0.05, 0.1) is 35.0 Å². The number of hydrogen-bond donors (Lipinski definition) is 2. The van der Waals surface area contributed by atoms with Crippen molar-refractivity contribution in [2.45, 2.75) is 24.7 Å². The summed E-state index contributed by atoms with van der Waals surface area (Å²) in [6.07, 6.45) is -2.11. The number of nitrogens with zero attached hydrogens (tertiary/aromatic N) is 6. The summed E-state index contributed by atoms with van der Waals surface area (Å²) < 4.78 is 46.1. The van der Waals surface area contributed by atoms with Gasteiger partial charge in [-0.1, -0.05) is 0 Å². The van der Waals surface area contributed by atoms with Crippen LogP contribution < -0.4 is 20.7 Å². The third-order valence-electron chi connectivity index (χ3n) is 6.57. The Morgan fingerprint density at radius 3 is 2.65 bits per heavy atom. The number of likely N-dealkylation sites (N-methyl/N-ethyl adjacent to an activating group) is 1. The lowest BCUT2D eigenvalue weighted by Crippen LogP contribution is -2.56. The van der Waals surface area contributed by atoms with Crippen LogP contribution in [0.3, 0.4) is 0 Å². The molecule has 37 heavy (non-hydrogen) atoms. The quantitative estimate of drug-likeness (QED) is 0.530. The number of ether oxygens (including phenoxy) is 1. The van der Waals surface area contributed by atoms with Gasteiger partial charge < -0.3 is 29.3 Å². The normalized spacial score (nSPS) is 18.2. The fraction of sp³-hybridized carbons (Fsp3) is 0.478. The summed E-state index contributed by atoms with van der Waals surface area (Å²) in [4.78, 5) is 35.1. The van der Waals surface area contributed by atoms with E-state index in [1.165, 1.54) is 26.1 Å². The second-order valence-corrected chi connectivity index (χ2v) is 9.20. The molecule has 200 valence electrons. The van der Waals surface area contributed by atoms with Crippen LogP contribution in [0, 0.1) is 0 Å². The van der Waals surface area contributed by atoms with E-state index in [1.54, 1.807) is 6.20 Å². The predicted molar refractivity (Wildman–Crippen MR) is 133 cm³/mol. The molecular formula is C23H29F3N8O3. The van der Waals surface area contributed by atoms with Crippen LogP contribution in [0.25, 0.3) is 11.0 Å². The first-order valence-electron chi connectivity index (χ1n) is 11.5.